The summed E-state index contributed by atoms with van der Waals surface area (Å²) in [5.74, 6) is 0.548. The Balaban J connectivity index is 1.68. The molecular weight excluding hydrogens is 396 g/mol. The number of nitrogens with zero attached hydrogens (tertiary/aromatic N) is 2. The Morgan fingerprint density at radius 3 is 2.65 bits per heavy atom. The van der Waals surface area contributed by atoms with Crippen molar-refractivity contribution in [1.29, 1.82) is 0 Å². The van der Waals surface area contributed by atoms with Crippen LogP contribution >= 0.6 is 15.9 Å². The molecule has 0 saturated carbocycles. The summed E-state index contributed by atoms with van der Waals surface area (Å²) in [7, 11) is 0. The molecule has 2 aromatic carbocycles. The summed E-state index contributed by atoms with van der Waals surface area (Å²) in [6.45, 7) is 6.87. The fourth-order valence-corrected chi connectivity index (χ4v) is 3.26. The molecule has 6 heteroatoms. The molecule has 3 rings (SSSR count). The van der Waals surface area contributed by atoms with Crippen LogP contribution in [0.5, 0.6) is 11.5 Å². The van der Waals surface area contributed by atoms with Crippen molar-refractivity contribution in [3.63, 3.8) is 0 Å². The molecule has 0 atom stereocenters. The topological polar surface area (TPSA) is 54.3 Å². The van der Waals surface area contributed by atoms with Gasteiger partial charge in [0.05, 0.1) is 25.5 Å². The van der Waals surface area contributed by atoms with E-state index in [1.807, 2.05) is 25.1 Å². The molecule has 0 radical (unpaired) electrons. The van der Waals surface area contributed by atoms with Crippen LogP contribution in [0.15, 0.2) is 45.9 Å². The number of phenolic OH excluding ortho intramolecular Hbond substituents is 1. The van der Waals surface area contributed by atoms with Crippen LogP contribution in [0.25, 0.3) is 0 Å². The third-order valence-corrected chi connectivity index (χ3v) is 4.63. The maximum atomic E-state index is 10.3. The van der Waals surface area contributed by atoms with Gasteiger partial charge in [-0.05, 0) is 36.8 Å². The number of aromatic hydroxyl groups is 1. The molecule has 5 nitrogen and oxygen atoms in total. The Morgan fingerprint density at radius 1 is 1.23 bits per heavy atom. The number of morpholine rings is 1. The largest absolute Gasteiger partial charge is 0.504 e. The zero-order chi connectivity index (χ0) is 18.4. The smallest absolute Gasteiger partial charge is 0.166 e. The van der Waals surface area contributed by atoms with Crippen molar-refractivity contribution in [2.45, 2.75) is 13.5 Å². The van der Waals surface area contributed by atoms with Crippen molar-refractivity contribution in [3.8, 4) is 11.5 Å². The molecule has 1 fully saturated rings. The van der Waals surface area contributed by atoms with E-state index in [1.54, 1.807) is 12.3 Å². The van der Waals surface area contributed by atoms with Gasteiger partial charge in [-0.3, -0.25) is 9.89 Å². The molecule has 1 saturated heterocycles. The molecule has 0 spiro atoms. The Bertz CT molecular complexity index is 756. The monoisotopic (exact) mass is 418 g/mol. The summed E-state index contributed by atoms with van der Waals surface area (Å²) in [6, 6.07) is 11.7. The SMILES string of the molecule is CCOc1cc(Br)cc(C=Nc2ccc(CN3CCOCC3)cc2)c1O. The normalized spacial score (nSPS) is 15.5. The van der Waals surface area contributed by atoms with Gasteiger partial charge >= 0.3 is 0 Å². The van der Waals surface area contributed by atoms with Crippen LogP contribution in [0, 0.1) is 0 Å². The Hall–Kier alpha value is -1.89. The van der Waals surface area contributed by atoms with Crippen LogP contribution in [-0.2, 0) is 11.3 Å². The second-order valence-electron chi connectivity index (χ2n) is 6.09. The van der Waals surface area contributed by atoms with E-state index in [1.165, 1.54) is 5.56 Å². The van der Waals surface area contributed by atoms with Crippen molar-refractivity contribution in [3.05, 3.63) is 52.0 Å². The van der Waals surface area contributed by atoms with Crippen LogP contribution in [-0.4, -0.2) is 49.1 Å². The van der Waals surface area contributed by atoms with E-state index < -0.39 is 0 Å². The summed E-state index contributed by atoms with van der Waals surface area (Å²) in [5, 5.41) is 10.3. The first-order valence-corrected chi connectivity index (χ1v) is 9.53. The minimum atomic E-state index is 0.0998. The minimum absolute atomic E-state index is 0.0998. The summed E-state index contributed by atoms with van der Waals surface area (Å²) in [5.41, 5.74) is 2.71. The molecule has 138 valence electrons. The number of phenols is 1. The zero-order valence-electron chi connectivity index (χ0n) is 14.8. The van der Waals surface area contributed by atoms with Crippen molar-refractivity contribution in [2.24, 2.45) is 4.99 Å². The van der Waals surface area contributed by atoms with E-state index in [9.17, 15) is 5.11 Å². The molecule has 1 aliphatic heterocycles. The molecule has 1 aliphatic rings. The number of hydrogen-bond acceptors (Lipinski definition) is 5. The highest BCUT2D eigenvalue weighted by molar-refractivity contribution is 9.10. The lowest BCUT2D eigenvalue weighted by atomic mass is 10.2. The highest BCUT2D eigenvalue weighted by Gasteiger charge is 2.11. The van der Waals surface area contributed by atoms with Gasteiger partial charge in [0.1, 0.15) is 0 Å². The Labute approximate surface area is 162 Å². The first-order valence-electron chi connectivity index (χ1n) is 8.74. The van der Waals surface area contributed by atoms with E-state index in [4.69, 9.17) is 9.47 Å². The Morgan fingerprint density at radius 2 is 1.96 bits per heavy atom. The van der Waals surface area contributed by atoms with Crippen LogP contribution in [0.3, 0.4) is 0 Å². The van der Waals surface area contributed by atoms with Crippen molar-refractivity contribution in [1.82, 2.24) is 4.90 Å². The first-order chi connectivity index (χ1) is 12.7. The fraction of sp³-hybridized carbons (Fsp3) is 0.350. The lowest BCUT2D eigenvalue weighted by Crippen LogP contribution is -2.35. The first kappa shape index (κ1) is 18.9. The van der Waals surface area contributed by atoms with Crippen molar-refractivity contribution in [2.75, 3.05) is 32.9 Å². The molecule has 0 aromatic heterocycles. The van der Waals surface area contributed by atoms with Gasteiger partial charge < -0.3 is 14.6 Å². The molecule has 0 unspecified atom stereocenters. The summed E-state index contributed by atoms with van der Waals surface area (Å²) < 4.78 is 11.7. The van der Waals surface area contributed by atoms with Crippen molar-refractivity contribution >= 4 is 27.8 Å². The highest BCUT2D eigenvalue weighted by Crippen LogP contribution is 2.33. The van der Waals surface area contributed by atoms with E-state index >= 15 is 0 Å². The van der Waals surface area contributed by atoms with Gasteiger partial charge in [-0.2, -0.15) is 0 Å². The predicted molar refractivity (Wildman–Crippen MR) is 107 cm³/mol. The molecule has 0 amide bonds. The van der Waals surface area contributed by atoms with Gasteiger partial charge in [-0.15, -0.1) is 0 Å². The van der Waals surface area contributed by atoms with Gasteiger partial charge in [0.25, 0.3) is 0 Å². The number of ether oxygens (including phenoxy) is 2. The molecular formula is C20H23BrN2O3. The Kier molecular flexibility index (Phi) is 6.66. The number of aliphatic imine (C=N–C) groups is 1. The van der Waals surface area contributed by atoms with E-state index in [2.05, 4.69) is 38.0 Å². The summed E-state index contributed by atoms with van der Waals surface area (Å²) in [4.78, 5) is 6.86. The fourth-order valence-electron chi connectivity index (χ4n) is 2.81. The van der Waals surface area contributed by atoms with E-state index in [0.717, 1.165) is 43.0 Å². The van der Waals surface area contributed by atoms with E-state index in [-0.39, 0.29) is 5.75 Å². The maximum absolute atomic E-state index is 10.3. The van der Waals surface area contributed by atoms with Crippen LogP contribution in [0.2, 0.25) is 0 Å². The number of rotatable bonds is 6. The summed E-state index contributed by atoms with van der Waals surface area (Å²) >= 11 is 3.43. The van der Waals surface area contributed by atoms with Crippen LogP contribution < -0.4 is 4.74 Å². The number of halogens is 1. The quantitative estimate of drug-likeness (QED) is 0.716. The standard InChI is InChI=1S/C20H23BrN2O3/c1-2-26-19-12-17(21)11-16(20(19)24)13-22-18-5-3-15(4-6-18)14-23-7-9-25-10-8-23/h3-6,11-13,24H,2,7-10,14H2,1H3. The van der Waals surface area contributed by atoms with Gasteiger partial charge in [0.2, 0.25) is 0 Å². The van der Waals surface area contributed by atoms with Gasteiger partial charge in [0.15, 0.2) is 11.5 Å². The summed E-state index contributed by atoms with van der Waals surface area (Å²) in [6.07, 6.45) is 1.65. The lowest BCUT2D eigenvalue weighted by Gasteiger charge is -2.26. The second kappa shape index (κ2) is 9.16. The number of hydrogen-bond donors (Lipinski definition) is 1. The average Bonchev–Trinajstić information content (AvgIpc) is 2.65. The highest BCUT2D eigenvalue weighted by atomic mass is 79.9. The van der Waals surface area contributed by atoms with Crippen LogP contribution in [0.1, 0.15) is 18.1 Å². The molecule has 1 N–H and O–H groups in total. The number of benzene rings is 2. The van der Waals surface area contributed by atoms with Crippen molar-refractivity contribution < 1.29 is 14.6 Å². The third-order valence-electron chi connectivity index (χ3n) is 4.17. The predicted octanol–water partition coefficient (Wildman–Crippen LogP) is 4.14. The van der Waals surface area contributed by atoms with Crippen LogP contribution in [0.4, 0.5) is 5.69 Å². The maximum Gasteiger partial charge on any atom is 0.166 e. The zero-order valence-corrected chi connectivity index (χ0v) is 16.4. The third kappa shape index (κ3) is 5.06. The van der Waals surface area contributed by atoms with Gasteiger partial charge in [0, 0.05) is 35.9 Å². The van der Waals surface area contributed by atoms with Gasteiger partial charge in [-0.1, -0.05) is 28.1 Å². The second-order valence-corrected chi connectivity index (χ2v) is 7.00. The molecule has 1 heterocycles. The minimum Gasteiger partial charge on any atom is -0.504 e. The average molecular weight is 419 g/mol. The molecule has 26 heavy (non-hydrogen) atoms. The van der Waals surface area contributed by atoms with Gasteiger partial charge in [-0.25, -0.2) is 0 Å². The lowest BCUT2D eigenvalue weighted by molar-refractivity contribution is 0.0342. The van der Waals surface area contributed by atoms with E-state index in [0.29, 0.717) is 17.9 Å². The molecule has 0 aliphatic carbocycles. The molecule has 0 bridgehead atoms. The molecule has 2 aromatic rings.